The second-order valence-corrected chi connectivity index (χ2v) is 6.34. The molecule has 0 aromatic heterocycles. The van der Waals surface area contributed by atoms with Crippen LogP contribution in [0.5, 0.6) is 0 Å². The van der Waals surface area contributed by atoms with Crippen molar-refractivity contribution in [1.29, 1.82) is 0 Å². The third-order valence-electron chi connectivity index (χ3n) is 3.08. The van der Waals surface area contributed by atoms with E-state index in [1.54, 1.807) is 52.0 Å². The van der Waals surface area contributed by atoms with Crippen molar-refractivity contribution in [2.45, 2.75) is 45.8 Å². The molecule has 0 fully saturated rings. The molecule has 1 atom stereocenters. The second-order valence-electron chi connectivity index (χ2n) is 6.34. The summed E-state index contributed by atoms with van der Waals surface area (Å²) in [5, 5.41) is 2.50. The van der Waals surface area contributed by atoms with Crippen molar-refractivity contribution < 1.29 is 28.6 Å². The molecule has 0 aliphatic carbocycles. The Labute approximate surface area is 147 Å². The molecule has 0 spiro atoms. The molecular formula is C18H25NO6. The molecule has 0 aliphatic heterocycles. The minimum absolute atomic E-state index is 0.203. The van der Waals surface area contributed by atoms with Crippen molar-refractivity contribution in [3.8, 4) is 0 Å². The molecule has 7 nitrogen and oxygen atoms in total. The van der Waals surface area contributed by atoms with Gasteiger partial charge in [0.05, 0.1) is 19.3 Å². The highest BCUT2D eigenvalue weighted by Crippen LogP contribution is 2.11. The quantitative estimate of drug-likeness (QED) is 0.625. The molecule has 7 heteroatoms. The van der Waals surface area contributed by atoms with E-state index in [-0.39, 0.29) is 6.42 Å². The van der Waals surface area contributed by atoms with Gasteiger partial charge in [0.15, 0.2) is 0 Å². The second kappa shape index (κ2) is 9.05. The lowest BCUT2D eigenvalue weighted by atomic mass is 10.0. The van der Waals surface area contributed by atoms with Gasteiger partial charge < -0.3 is 19.5 Å². The summed E-state index contributed by atoms with van der Waals surface area (Å²) in [6.07, 6.45) is -0.499. The maximum Gasteiger partial charge on any atom is 0.408 e. The average molecular weight is 351 g/mol. The topological polar surface area (TPSA) is 90.9 Å². The molecule has 0 unspecified atom stereocenters. The van der Waals surface area contributed by atoms with E-state index in [9.17, 15) is 14.4 Å². The van der Waals surface area contributed by atoms with Crippen molar-refractivity contribution >= 4 is 18.0 Å². The monoisotopic (exact) mass is 351 g/mol. The Hall–Kier alpha value is -2.57. The minimum Gasteiger partial charge on any atom is -0.467 e. The van der Waals surface area contributed by atoms with Gasteiger partial charge in [-0.15, -0.1) is 0 Å². The number of methoxy groups -OCH3 is 1. The fraction of sp³-hybridized carbons (Fsp3) is 0.500. The van der Waals surface area contributed by atoms with E-state index >= 15 is 0 Å². The Morgan fingerprint density at radius 1 is 1.12 bits per heavy atom. The summed E-state index contributed by atoms with van der Waals surface area (Å²) >= 11 is 0. The predicted molar refractivity (Wildman–Crippen MR) is 91.3 cm³/mol. The van der Waals surface area contributed by atoms with Gasteiger partial charge in [-0.3, -0.25) is 0 Å². The summed E-state index contributed by atoms with van der Waals surface area (Å²) in [5.41, 5.74) is 0.492. The van der Waals surface area contributed by atoms with Crippen LogP contribution in [0.4, 0.5) is 4.79 Å². The molecule has 1 N–H and O–H groups in total. The molecule has 25 heavy (non-hydrogen) atoms. The summed E-state index contributed by atoms with van der Waals surface area (Å²) in [5.74, 6) is -0.995. The molecule has 0 heterocycles. The normalized spacial score (nSPS) is 12.0. The zero-order chi connectivity index (χ0) is 19.0. The Kier molecular flexibility index (Phi) is 7.42. The van der Waals surface area contributed by atoms with Crippen LogP contribution >= 0.6 is 0 Å². The van der Waals surface area contributed by atoms with Gasteiger partial charge in [0, 0.05) is 6.42 Å². The SMILES string of the molecule is CCOC(=O)c1ccc(C[C@H](NC(=O)OC(C)(C)C)C(=O)OC)cc1. The van der Waals surface area contributed by atoms with Crippen molar-refractivity contribution in [2.24, 2.45) is 0 Å². The van der Waals surface area contributed by atoms with E-state index in [1.165, 1.54) is 7.11 Å². The number of benzene rings is 1. The Morgan fingerprint density at radius 3 is 2.20 bits per heavy atom. The van der Waals surface area contributed by atoms with Gasteiger partial charge in [0.2, 0.25) is 0 Å². The highest BCUT2D eigenvalue weighted by Gasteiger charge is 2.25. The van der Waals surface area contributed by atoms with E-state index in [0.29, 0.717) is 12.2 Å². The zero-order valence-corrected chi connectivity index (χ0v) is 15.3. The Balaban J connectivity index is 2.80. The van der Waals surface area contributed by atoms with Crippen LogP contribution in [0.2, 0.25) is 0 Å². The number of nitrogens with one attached hydrogen (secondary N) is 1. The molecule has 1 rings (SSSR count). The van der Waals surface area contributed by atoms with E-state index in [0.717, 1.165) is 5.56 Å². The number of carbonyl (C=O) groups excluding carboxylic acids is 3. The highest BCUT2D eigenvalue weighted by atomic mass is 16.6. The van der Waals surface area contributed by atoms with Crippen LogP contribution in [0, 0.1) is 0 Å². The number of hydrogen-bond acceptors (Lipinski definition) is 6. The standard InChI is InChI=1S/C18H25NO6/c1-6-24-15(20)13-9-7-12(8-10-13)11-14(16(21)23-5)19-17(22)25-18(2,3)4/h7-10,14H,6,11H2,1-5H3,(H,19,22)/t14-/m0/s1. The van der Waals surface area contributed by atoms with Gasteiger partial charge in [0.1, 0.15) is 11.6 Å². The smallest absolute Gasteiger partial charge is 0.408 e. The van der Waals surface area contributed by atoms with Crippen LogP contribution in [0.15, 0.2) is 24.3 Å². The van der Waals surface area contributed by atoms with Gasteiger partial charge in [-0.2, -0.15) is 0 Å². The molecule has 138 valence electrons. The van der Waals surface area contributed by atoms with Crippen molar-refractivity contribution in [1.82, 2.24) is 5.32 Å². The predicted octanol–water partition coefficient (Wildman–Crippen LogP) is 2.47. The largest absolute Gasteiger partial charge is 0.467 e. The van der Waals surface area contributed by atoms with E-state index < -0.39 is 29.7 Å². The lowest BCUT2D eigenvalue weighted by Crippen LogP contribution is -2.45. The van der Waals surface area contributed by atoms with Crippen LogP contribution < -0.4 is 5.32 Å². The number of carbonyl (C=O) groups is 3. The lowest BCUT2D eigenvalue weighted by Gasteiger charge is -2.22. The molecule has 0 radical (unpaired) electrons. The first-order valence-electron chi connectivity index (χ1n) is 7.99. The summed E-state index contributed by atoms with van der Waals surface area (Å²) in [6.45, 7) is 7.22. The van der Waals surface area contributed by atoms with Crippen molar-refractivity contribution in [3.63, 3.8) is 0 Å². The number of hydrogen-bond donors (Lipinski definition) is 1. The maximum absolute atomic E-state index is 11.9. The van der Waals surface area contributed by atoms with Crippen molar-refractivity contribution in [2.75, 3.05) is 13.7 Å². The van der Waals surface area contributed by atoms with Gasteiger partial charge in [0.25, 0.3) is 0 Å². The van der Waals surface area contributed by atoms with Crippen LogP contribution in [-0.2, 0) is 25.4 Å². The van der Waals surface area contributed by atoms with Gasteiger partial charge >= 0.3 is 18.0 Å². The molecular weight excluding hydrogens is 326 g/mol. The van der Waals surface area contributed by atoms with Gasteiger partial charge in [-0.05, 0) is 45.4 Å². The number of alkyl carbamates (subject to hydrolysis) is 1. The molecule has 0 saturated carbocycles. The van der Waals surface area contributed by atoms with Crippen LogP contribution in [0.3, 0.4) is 0 Å². The van der Waals surface area contributed by atoms with E-state index in [1.807, 2.05) is 0 Å². The van der Waals surface area contributed by atoms with Crippen LogP contribution in [0.25, 0.3) is 0 Å². The first kappa shape index (κ1) is 20.5. The molecule has 0 aliphatic rings. The van der Waals surface area contributed by atoms with E-state index in [4.69, 9.17) is 14.2 Å². The first-order chi connectivity index (χ1) is 11.7. The first-order valence-corrected chi connectivity index (χ1v) is 7.99. The highest BCUT2D eigenvalue weighted by molar-refractivity contribution is 5.89. The Bertz CT molecular complexity index is 603. The van der Waals surface area contributed by atoms with Crippen molar-refractivity contribution in [3.05, 3.63) is 35.4 Å². The summed E-state index contributed by atoms with van der Waals surface area (Å²) < 4.78 is 14.8. The number of esters is 2. The third-order valence-corrected chi connectivity index (χ3v) is 3.08. The zero-order valence-electron chi connectivity index (χ0n) is 15.3. The number of amides is 1. The summed E-state index contributed by atoms with van der Waals surface area (Å²) in [7, 11) is 1.25. The molecule has 0 saturated heterocycles. The molecule has 0 bridgehead atoms. The number of rotatable bonds is 6. The number of ether oxygens (including phenoxy) is 3. The van der Waals surface area contributed by atoms with Crippen LogP contribution in [-0.4, -0.2) is 43.4 Å². The van der Waals surface area contributed by atoms with Gasteiger partial charge in [-0.1, -0.05) is 12.1 Å². The maximum atomic E-state index is 11.9. The summed E-state index contributed by atoms with van der Waals surface area (Å²) in [4.78, 5) is 35.4. The van der Waals surface area contributed by atoms with Crippen LogP contribution in [0.1, 0.15) is 43.6 Å². The summed E-state index contributed by atoms with van der Waals surface area (Å²) in [6, 6.07) is 5.70. The van der Waals surface area contributed by atoms with E-state index in [2.05, 4.69) is 5.32 Å². The fourth-order valence-electron chi connectivity index (χ4n) is 2.01. The fourth-order valence-corrected chi connectivity index (χ4v) is 2.01. The average Bonchev–Trinajstić information content (AvgIpc) is 2.52. The minimum atomic E-state index is -0.895. The Morgan fingerprint density at radius 2 is 1.72 bits per heavy atom. The molecule has 1 aromatic carbocycles. The molecule has 1 amide bonds. The molecule has 1 aromatic rings. The third kappa shape index (κ3) is 7.24. The van der Waals surface area contributed by atoms with Gasteiger partial charge in [-0.25, -0.2) is 14.4 Å². The lowest BCUT2D eigenvalue weighted by molar-refractivity contribution is -0.143.